The third-order valence-electron chi connectivity index (χ3n) is 5.43. The number of H-pyrrole nitrogens is 1. The van der Waals surface area contributed by atoms with Crippen LogP contribution in [0.1, 0.15) is 41.7 Å². The zero-order chi connectivity index (χ0) is 19.0. The first-order valence-electron chi connectivity index (χ1n) is 9.48. The topological polar surface area (TPSA) is 70.7 Å². The summed E-state index contributed by atoms with van der Waals surface area (Å²) in [4.78, 5) is 17.2. The number of aromatic amines is 1. The van der Waals surface area contributed by atoms with Crippen LogP contribution in [-0.4, -0.2) is 60.4 Å². The van der Waals surface area contributed by atoms with Gasteiger partial charge in [-0.3, -0.25) is 9.89 Å². The first-order chi connectivity index (χ1) is 13.1. The summed E-state index contributed by atoms with van der Waals surface area (Å²) in [6.07, 6.45) is 0.762. The molecule has 1 aromatic heterocycles. The molecule has 3 heterocycles. The van der Waals surface area contributed by atoms with Crippen LogP contribution in [0.15, 0.2) is 24.3 Å². The monoisotopic (exact) mass is 370 g/mol. The maximum Gasteiger partial charge on any atom is 0.274 e. The van der Waals surface area contributed by atoms with Crippen molar-refractivity contribution in [1.82, 2.24) is 15.1 Å². The van der Waals surface area contributed by atoms with Crippen LogP contribution in [0.25, 0.3) is 0 Å². The summed E-state index contributed by atoms with van der Waals surface area (Å²) < 4.78 is 11.3. The van der Waals surface area contributed by atoms with E-state index in [1.807, 2.05) is 36.9 Å². The van der Waals surface area contributed by atoms with E-state index in [9.17, 15) is 4.79 Å². The summed E-state index contributed by atoms with van der Waals surface area (Å²) in [6.45, 7) is 6.91. The molecule has 0 radical (unpaired) electrons. The first kappa shape index (κ1) is 17.9. The second kappa shape index (κ2) is 7.23. The molecule has 0 unspecified atom stereocenters. The highest BCUT2D eigenvalue weighted by atomic mass is 16.5. The van der Waals surface area contributed by atoms with E-state index in [4.69, 9.17) is 9.47 Å². The van der Waals surface area contributed by atoms with Gasteiger partial charge >= 0.3 is 0 Å². The van der Waals surface area contributed by atoms with Crippen LogP contribution in [0.5, 0.6) is 5.75 Å². The molecule has 27 heavy (non-hydrogen) atoms. The molecule has 1 saturated heterocycles. The molecule has 0 bridgehead atoms. The zero-order valence-electron chi connectivity index (χ0n) is 16.1. The number of ether oxygens (including phenoxy) is 2. The lowest BCUT2D eigenvalue weighted by atomic mass is 9.99. The third-order valence-corrected chi connectivity index (χ3v) is 5.43. The molecular formula is C20H26N4O3. The minimum atomic E-state index is -0.0554. The maximum atomic E-state index is 13.1. The van der Waals surface area contributed by atoms with Gasteiger partial charge in [0.1, 0.15) is 5.75 Å². The maximum absolute atomic E-state index is 13.1. The Morgan fingerprint density at radius 2 is 1.96 bits per heavy atom. The van der Waals surface area contributed by atoms with E-state index in [0.29, 0.717) is 18.8 Å². The molecule has 1 amide bonds. The van der Waals surface area contributed by atoms with Crippen LogP contribution in [0.3, 0.4) is 0 Å². The number of amides is 1. The van der Waals surface area contributed by atoms with Gasteiger partial charge in [-0.05, 0) is 26.0 Å². The van der Waals surface area contributed by atoms with Crippen molar-refractivity contribution in [3.05, 3.63) is 41.2 Å². The summed E-state index contributed by atoms with van der Waals surface area (Å²) in [5.41, 5.74) is 3.57. The molecule has 2 aliphatic rings. The van der Waals surface area contributed by atoms with Crippen molar-refractivity contribution in [1.29, 1.82) is 0 Å². The fourth-order valence-electron chi connectivity index (χ4n) is 4.04. The Labute approximate surface area is 159 Å². The molecule has 7 nitrogen and oxygen atoms in total. The lowest BCUT2D eigenvalue weighted by Crippen LogP contribution is -2.49. The van der Waals surface area contributed by atoms with E-state index in [0.717, 1.165) is 42.2 Å². The predicted octanol–water partition coefficient (Wildman–Crippen LogP) is 2.40. The van der Waals surface area contributed by atoms with Gasteiger partial charge < -0.3 is 19.3 Å². The van der Waals surface area contributed by atoms with Gasteiger partial charge in [0.15, 0.2) is 5.69 Å². The van der Waals surface area contributed by atoms with Crippen molar-refractivity contribution in [2.45, 2.75) is 32.5 Å². The number of piperazine rings is 1. The van der Waals surface area contributed by atoms with Crippen molar-refractivity contribution in [3.8, 4) is 5.75 Å². The molecule has 7 heteroatoms. The summed E-state index contributed by atoms with van der Waals surface area (Å²) in [7, 11) is 1.69. The van der Waals surface area contributed by atoms with E-state index in [-0.39, 0.29) is 18.1 Å². The lowest BCUT2D eigenvalue weighted by molar-refractivity contribution is -0.00702. The van der Waals surface area contributed by atoms with E-state index in [1.54, 1.807) is 7.11 Å². The van der Waals surface area contributed by atoms with Crippen LogP contribution >= 0.6 is 0 Å². The number of anilines is 1. The summed E-state index contributed by atoms with van der Waals surface area (Å²) in [5, 5.41) is 7.35. The molecule has 2 aromatic rings. The number of methoxy groups -OCH3 is 1. The van der Waals surface area contributed by atoms with Gasteiger partial charge in [0.25, 0.3) is 5.91 Å². The number of para-hydroxylation sites is 2. The average molecular weight is 370 g/mol. The highest BCUT2D eigenvalue weighted by Gasteiger charge is 2.32. The first-order valence-corrected chi connectivity index (χ1v) is 9.48. The van der Waals surface area contributed by atoms with Crippen molar-refractivity contribution in [3.63, 3.8) is 0 Å². The number of nitrogens with zero attached hydrogens (tertiary/aromatic N) is 3. The molecule has 2 atom stereocenters. The Kier molecular flexibility index (Phi) is 4.78. The van der Waals surface area contributed by atoms with E-state index in [1.165, 1.54) is 0 Å². The van der Waals surface area contributed by atoms with Crippen LogP contribution in [0, 0.1) is 0 Å². The zero-order valence-corrected chi connectivity index (χ0v) is 16.1. The molecule has 1 fully saturated rings. The number of carbonyl (C=O) groups is 1. The van der Waals surface area contributed by atoms with Crippen molar-refractivity contribution >= 4 is 11.6 Å². The smallest absolute Gasteiger partial charge is 0.274 e. The van der Waals surface area contributed by atoms with Gasteiger partial charge in [-0.15, -0.1) is 0 Å². The van der Waals surface area contributed by atoms with Crippen molar-refractivity contribution in [2.75, 3.05) is 38.2 Å². The molecule has 144 valence electrons. The van der Waals surface area contributed by atoms with E-state index < -0.39 is 0 Å². The van der Waals surface area contributed by atoms with E-state index >= 15 is 0 Å². The summed E-state index contributed by atoms with van der Waals surface area (Å²) in [5.74, 6) is 0.870. The SMILES string of the molecule is COc1ccccc1N1CCN(C(=O)c2n[nH]c3c2C[C@H](C)O[C@@H]3C)CC1. The van der Waals surface area contributed by atoms with E-state index in [2.05, 4.69) is 21.2 Å². The van der Waals surface area contributed by atoms with Crippen LogP contribution in [0.4, 0.5) is 5.69 Å². The highest BCUT2D eigenvalue weighted by Crippen LogP contribution is 2.31. The van der Waals surface area contributed by atoms with Crippen LogP contribution in [-0.2, 0) is 11.2 Å². The molecule has 1 aromatic carbocycles. The molecule has 2 aliphatic heterocycles. The second-order valence-corrected chi connectivity index (χ2v) is 7.21. The Morgan fingerprint density at radius 1 is 1.22 bits per heavy atom. The number of hydrogen-bond acceptors (Lipinski definition) is 5. The quantitative estimate of drug-likeness (QED) is 0.898. The van der Waals surface area contributed by atoms with Gasteiger partial charge in [-0.2, -0.15) is 5.10 Å². The number of benzene rings is 1. The van der Waals surface area contributed by atoms with Gasteiger partial charge in [0, 0.05) is 38.2 Å². The van der Waals surface area contributed by atoms with Crippen LogP contribution in [0.2, 0.25) is 0 Å². The molecule has 0 aliphatic carbocycles. The van der Waals surface area contributed by atoms with Gasteiger partial charge in [0.05, 0.1) is 30.7 Å². The Hall–Kier alpha value is -2.54. The molecule has 1 N–H and O–H groups in total. The van der Waals surface area contributed by atoms with Gasteiger partial charge in [0.2, 0.25) is 0 Å². The third kappa shape index (κ3) is 3.27. The standard InChI is InChI=1S/C20H26N4O3/c1-13-12-15-18(14(2)27-13)21-22-19(15)20(25)24-10-8-23(9-11-24)16-6-4-5-7-17(16)26-3/h4-7,13-14H,8-12H2,1-3H3,(H,21,22)/t13-,14+/m0/s1. The van der Waals surface area contributed by atoms with Crippen molar-refractivity contribution < 1.29 is 14.3 Å². The average Bonchev–Trinajstić information content (AvgIpc) is 3.11. The normalized spacial score (nSPS) is 22.5. The number of hydrogen-bond donors (Lipinski definition) is 1. The summed E-state index contributed by atoms with van der Waals surface area (Å²) >= 11 is 0. The Bertz CT molecular complexity index is 826. The minimum absolute atomic E-state index is 0.00785. The number of carbonyl (C=O) groups excluding carboxylic acids is 1. The molecule has 0 spiro atoms. The summed E-state index contributed by atoms with van der Waals surface area (Å²) in [6, 6.07) is 8.00. The van der Waals surface area contributed by atoms with Crippen LogP contribution < -0.4 is 9.64 Å². The fraction of sp³-hybridized carbons (Fsp3) is 0.500. The fourth-order valence-corrected chi connectivity index (χ4v) is 4.04. The Balaban J connectivity index is 1.47. The minimum Gasteiger partial charge on any atom is -0.495 e. The van der Waals surface area contributed by atoms with Gasteiger partial charge in [-0.1, -0.05) is 12.1 Å². The van der Waals surface area contributed by atoms with Gasteiger partial charge in [-0.25, -0.2) is 0 Å². The number of rotatable bonds is 3. The Morgan fingerprint density at radius 3 is 2.70 bits per heavy atom. The number of fused-ring (bicyclic) bond motifs is 1. The largest absolute Gasteiger partial charge is 0.495 e. The second-order valence-electron chi connectivity index (χ2n) is 7.21. The van der Waals surface area contributed by atoms with Crippen molar-refractivity contribution in [2.24, 2.45) is 0 Å². The lowest BCUT2D eigenvalue weighted by Gasteiger charge is -2.36. The number of nitrogens with one attached hydrogen (secondary N) is 1. The highest BCUT2D eigenvalue weighted by molar-refractivity contribution is 5.94. The molecule has 0 saturated carbocycles. The molecule has 4 rings (SSSR count). The molecular weight excluding hydrogens is 344 g/mol. The number of aromatic nitrogens is 2. The predicted molar refractivity (Wildman–Crippen MR) is 102 cm³/mol.